The lowest BCUT2D eigenvalue weighted by atomic mass is 10.1. The molecule has 21 heavy (non-hydrogen) atoms. The van der Waals surface area contributed by atoms with Crippen molar-refractivity contribution in [3.8, 4) is 5.75 Å². The van der Waals surface area contributed by atoms with E-state index in [2.05, 4.69) is 0 Å². The van der Waals surface area contributed by atoms with Crippen molar-refractivity contribution >= 4 is 17.4 Å². The standard InChI is InChI=1S/C15H10ClF3O2/c16-12-6-4-10(5-7-12)9-21-13-3-1-2-11(8-13)14(20)15(17,18)19/h1-8H,9H2. The number of hydrogen-bond acceptors (Lipinski definition) is 2. The maximum Gasteiger partial charge on any atom is 0.454 e. The lowest BCUT2D eigenvalue weighted by Crippen LogP contribution is -2.22. The molecule has 6 heteroatoms. The van der Waals surface area contributed by atoms with E-state index >= 15 is 0 Å². The van der Waals surface area contributed by atoms with Gasteiger partial charge in [0.1, 0.15) is 12.4 Å². The van der Waals surface area contributed by atoms with Gasteiger partial charge in [-0.05, 0) is 29.8 Å². The summed E-state index contributed by atoms with van der Waals surface area (Å²) in [5, 5.41) is 0.580. The van der Waals surface area contributed by atoms with E-state index < -0.39 is 17.5 Å². The molecule has 0 radical (unpaired) electrons. The first-order valence-corrected chi connectivity index (χ1v) is 6.33. The molecule has 0 aromatic heterocycles. The van der Waals surface area contributed by atoms with Gasteiger partial charge in [-0.3, -0.25) is 4.79 Å². The van der Waals surface area contributed by atoms with Crippen LogP contribution in [0.3, 0.4) is 0 Å². The van der Waals surface area contributed by atoms with Crippen molar-refractivity contribution in [3.63, 3.8) is 0 Å². The fraction of sp³-hybridized carbons (Fsp3) is 0.133. The predicted octanol–water partition coefficient (Wildman–Crippen LogP) is 4.66. The van der Waals surface area contributed by atoms with Gasteiger partial charge in [0.2, 0.25) is 0 Å². The summed E-state index contributed by atoms with van der Waals surface area (Å²) in [5.74, 6) is -1.69. The number of hydrogen-bond donors (Lipinski definition) is 0. The van der Waals surface area contributed by atoms with Gasteiger partial charge in [0.05, 0.1) is 0 Å². The first-order chi connectivity index (χ1) is 9.86. The van der Waals surface area contributed by atoms with Crippen LogP contribution in [0.25, 0.3) is 0 Å². The first kappa shape index (κ1) is 15.4. The minimum Gasteiger partial charge on any atom is -0.489 e. The zero-order valence-corrected chi connectivity index (χ0v) is 11.4. The highest BCUT2D eigenvalue weighted by molar-refractivity contribution is 6.30. The molecule has 2 aromatic rings. The summed E-state index contributed by atoms with van der Waals surface area (Å²) in [7, 11) is 0. The molecule has 0 spiro atoms. The van der Waals surface area contributed by atoms with Crippen molar-refractivity contribution in [1.29, 1.82) is 0 Å². The topological polar surface area (TPSA) is 26.3 Å². The van der Waals surface area contributed by atoms with E-state index in [9.17, 15) is 18.0 Å². The van der Waals surface area contributed by atoms with Crippen LogP contribution >= 0.6 is 11.6 Å². The quantitative estimate of drug-likeness (QED) is 0.767. The molecule has 0 saturated heterocycles. The van der Waals surface area contributed by atoms with E-state index in [1.807, 2.05) is 0 Å². The predicted molar refractivity (Wildman–Crippen MR) is 72.6 cm³/mol. The Labute approximate surface area is 124 Å². The first-order valence-electron chi connectivity index (χ1n) is 5.95. The van der Waals surface area contributed by atoms with Gasteiger partial charge in [-0.1, -0.05) is 35.9 Å². The second kappa shape index (κ2) is 6.18. The fourth-order valence-electron chi connectivity index (χ4n) is 1.64. The molecule has 0 aliphatic carbocycles. The van der Waals surface area contributed by atoms with Crippen LogP contribution in [-0.2, 0) is 6.61 Å². The van der Waals surface area contributed by atoms with Crippen molar-refractivity contribution in [2.24, 2.45) is 0 Å². The van der Waals surface area contributed by atoms with Crippen LogP contribution in [0, 0.1) is 0 Å². The van der Waals surface area contributed by atoms with Gasteiger partial charge in [0, 0.05) is 10.6 Å². The number of ether oxygens (including phenoxy) is 1. The van der Waals surface area contributed by atoms with Crippen LogP contribution in [0.15, 0.2) is 48.5 Å². The summed E-state index contributed by atoms with van der Waals surface area (Å²) >= 11 is 5.74. The number of carbonyl (C=O) groups is 1. The number of ketones is 1. The largest absolute Gasteiger partial charge is 0.489 e. The van der Waals surface area contributed by atoms with Crippen LogP contribution in [-0.4, -0.2) is 12.0 Å². The minimum absolute atomic E-state index is 0.167. The summed E-state index contributed by atoms with van der Waals surface area (Å²) in [5.41, 5.74) is 0.364. The third-order valence-corrected chi connectivity index (χ3v) is 2.92. The Balaban J connectivity index is 2.08. The van der Waals surface area contributed by atoms with Gasteiger partial charge < -0.3 is 4.74 Å². The van der Waals surface area contributed by atoms with Gasteiger partial charge in [0.25, 0.3) is 5.78 Å². The SMILES string of the molecule is O=C(c1cccc(OCc2ccc(Cl)cc2)c1)C(F)(F)F. The van der Waals surface area contributed by atoms with Crippen molar-refractivity contribution in [1.82, 2.24) is 0 Å². The van der Waals surface area contributed by atoms with Crippen LogP contribution < -0.4 is 4.74 Å². The Hall–Kier alpha value is -2.01. The van der Waals surface area contributed by atoms with Crippen LogP contribution in [0.4, 0.5) is 13.2 Å². The van der Waals surface area contributed by atoms with Crippen molar-refractivity contribution in [2.75, 3.05) is 0 Å². The molecule has 2 nitrogen and oxygen atoms in total. The van der Waals surface area contributed by atoms with E-state index in [0.717, 1.165) is 17.7 Å². The zero-order chi connectivity index (χ0) is 15.5. The molecule has 0 bridgehead atoms. The van der Waals surface area contributed by atoms with E-state index in [1.54, 1.807) is 24.3 Å². The highest BCUT2D eigenvalue weighted by atomic mass is 35.5. The third-order valence-electron chi connectivity index (χ3n) is 2.67. The Morgan fingerprint density at radius 1 is 1.10 bits per heavy atom. The molecular formula is C15H10ClF3O2. The Bertz CT molecular complexity index is 636. The van der Waals surface area contributed by atoms with Gasteiger partial charge in [-0.15, -0.1) is 0 Å². The van der Waals surface area contributed by atoms with E-state index in [0.29, 0.717) is 5.02 Å². The second-order valence-electron chi connectivity index (χ2n) is 4.27. The Kier molecular flexibility index (Phi) is 4.53. The van der Waals surface area contributed by atoms with Crippen LogP contribution in [0.1, 0.15) is 15.9 Å². The number of alkyl halides is 3. The van der Waals surface area contributed by atoms with Crippen LogP contribution in [0.5, 0.6) is 5.75 Å². The van der Waals surface area contributed by atoms with E-state index in [4.69, 9.17) is 16.3 Å². The molecule has 2 aromatic carbocycles. The van der Waals surface area contributed by atoms with E-state index in [1.165, 1.54) is 12.1 Å². The molecule has 0 fully saturated rings. The monoisotopic (exact) mass is 314 g/mol. The fourth-order valence-corrected chi connectivity index (χ4v) is 1.76. The molecule has 0 N–H and O–H groups in total. The summed E-state index contributed by atoms with van der Waals surface area (Å²) in [6, 6.07) is 11.9. The molecule has 0 amide bonds. The Morgan fingerprint density at radius 2 is 1.76 bits per heavy atom. The second-order valence-corrected chi connectivity index (χ2v) is 4.71. The van der Waals surface area contributed by atoms with Crippen LogP contribution in [0.2, 0.25) is 5.02 Å². The van der Waals surface area contributed by atoms with Gasteiger partial charge >= 0.3 is 6.18 Å². The third kappa shape index (κ3) is 4.23. The normalized spacial score (nSPS) is 11.2. The van der Waals surface area contributed by atoms with E-state index in [-0.39, 0.29) is 12.4 Å². The molecule has 0 heterocycles. The van der Waals surface area contributed by atoms with Gasteiger partial charge in [-0.2, -0.15) is 13.2 Å². The number of Topliss-reactive ketones (excluding diaryl/α,β-unsaturated/α-hetero) is 1. The minimum atomic E-state index is -4.89. The molecule has 0 atom stereocenters. The number of benzene rings is 2. The average Bonchev–Trinajstić information content (AvgIpc) is 2.45. The molecule has 2 rings (SSSR count). The highest BCUT2D eigenvalue weighted by Crippen LogP contribution is 2.24. The average molecular weight is 315 g/mol. The molecule has 0 saturated carbocycles. The van der Waals surface area contributed by atoms with Crippen molar-refractivity contribution < 1.29 is 22.7 Å². The van der Waals surface area contributed by atoms with Gasteiger partial charge in [0.15, 0.2) is 0 Å². The zero-order valence-electron chi connectivity index (χ0n) is 10.7. The van der Waals surface area contributed by atoms with Gasteiger partial charge in [-0.25, -0.2) is 0 Å². The van der Waals surface area contributed by atoms with Crippen molar-refractivity contribution in [3.05, 3.63) is 64.7 Å². The Morgan fingerprint density at radius 3 is 2.38 bits per heavy atom. The maximum atomic E-state index is 12.4. The number of carbonyl (C=O) groups excluding carboxylic acids is 1. The summed E-state index contributed by atoms with van der Waals surface area (Å²) in [6.07, 6.45) is -4.89. The lowest BCUT2D eigenvalue weighted by molar-refractivity contribution is -0.0885. The number of halogens is 4. The molecule has 0 aliphatic heterocycles. The summed E-state index contributed by atoms with van der Waals surface area (Å²) in [4.78, 5) is 11.1. The molecule has 0 unspecified atom stereocenters. The lowest BCUT2D eigenvalue weighted by Gasteiger charge is -2.09. The molecular weight excluding hydrogens is 305 g/mol. The molecule has 0 aliphatic rings. The summed E-state index contributed by atoms with van der Waals surface area (Å²) < 4.78 is 42.4. The number of rotatable bonds is 4. The maximum absolute atomic E-state index is 12.4. The smallest absolute Gasteiger partial charge is 0.454 e. The highest BCUT2D eigenvalue weighted by Gasteiger charge is 2.39. The summed E-state index contributed by atoms with van der Waals surface area (Å²) in [6.45, 7) is 0.167. The molecule has 110 valence electrons. The van der Waals surface area contributed by atoms with Crippen molar-refractivity contribution in [2.45, 2.75) is 12.8 Å².